The molecule has 2 atom stereocenters. The van der Waals surface area contributed by atoms with Crippen LogP contribution in [-0.4, -0.2) is 30.1 Å². The normalized spacial score (nSPS) is 34.4. The molecule has 2 aliphatic rings. The smallest absolute Gasteiger partial charge is 0.117 e. The summed E-state index contributed by atoms with van der Waals surface area (Å²) in [6.07, 6.45) is 7.10. The van der Waals surface area contributed by atoms with Crippen LogP contribution in [0.2, 0.25) is 0 Å². The molecule has 0 aliphatic carbocycles. The van der Waals surface area contributed by atoms with E-state index in [-0.39, 0.29) is 0 Å². The first-order valence-electron chi connectivity index (χ1n) is 6.32. The molecular weight excluding hydrogens is 200 g/mol. The molecule has 3 heterocycles. The molecule has 2 fully saturated rings. The van der Waals surface area contributed by atoms with E-state index in [9.17, 15) is 0 Å². The van der Waals surface area contributed by atoms with E-state index < -0.39 is 0 Å². The second-order valence-electron chi connectivity index (χ2n) is 5.09. The van der Waals surface area contributed by atoms with Crippen LogP contribution in [0.1, 0.15) is 31.4 Å². The van der Waals surface area contributed by atoms with Crippen molar-refractivity contribution in [3.8, 4) is 0 Å². The highest BCUT2D eigenvalue weighted by Gasteiger charge is 2.40. The molecule has 0 saturated carbocycles. The first-order chi connectivity index (χ1) is 7.86. The lowest BCUT2D eigenvalue weighted by atomic mass is 9.97. The second kappa shape index (κ2) is 4.22. The Morgan fingerprint density at radius 1 is 1.38 bits per heavy atom. The average molecular weight is 220 g/mol. The fourth-order valence-electron chi connectivity index (χ4n) is 3.35. The van der Waals surface area contributed by atoms with Crippen LogP contribution < -0.4 is 5.32 Å². The summed E-state index contributed by atoms with van der Waals surface area (Å²) in [6.45, 7) is 0.999. The van der Waals surface area contributed by atoms with Crippen LogP contribution >= 0.6 is 0 Å². The summed E-state index contributed by atoms with van der Waals surface area (Å²) < 4.78 is 5.46. The summed E-state index contributed by atoms with van der Waals surface area (Å²) in [6, 6.07) is 6.33. The quantitative estimate of drug-likeness (QED) is 0.844. The molecule has 0 spiro atoms. The molecule has 2 saturated heterocycles. The van der Waals surface area contributed by atoms with Gasteiger partial charge in [0.1, 0.15) is 5.76 Å². The molecule has 3 nitrogen and oxygen atoms in total. The number of nitrogens with one attached hydrogen (secondary N) is 1. The number of piperidine rings is 1. The molecule has 1 N–H and O–H groups in total. The highest BCUT2D eigenvalue weighted by molar-refractivity contribution is 5.03. The van der Waals surface area contributed by atoms with Crippen molar-refractivity contribution < 1.29 is 4.42 Å². The summed E-state index contributed by atoms with van der Waals surface area (Å²) in [5.74, 6) is 1.11. The highest BCUT2D eigenvalue weighted by atomic mass is 16.3. The Hall–Kier alpha value is -0.800. The number of hydrogen-bond donors (Lipinski definition) is 1. The van der Waals surface area contributed by atoms with Crippen LogP contribution in [0, 0.1) is 0 Å². The van der Waals surface area contributed by atoms with Gasteiger partial charge in [-0.1, -0.05) is 0 Å². The van der Waals surface area contributed by atoms with Crippen molar-refractivity contribution in [2.45, 2.75) is 50.4 Å². The van der Waals surface area contributed by atoms with E-state index in [0.29, 0.717) is 0 Å². The molecular formula is C13H20N2O. The van der Waals surface area contributed by atoms with E-state index >= 15 is 0 Å². The highest BCUT2D eigenvalue weighted by Crippen LogP contribution is 2.36. The third-order valence-electron chi connectivity index (χ3n) is 4.21. The predicted octanol–water partition coefficient (Wildman–Crippen LogP) is 1.99. The first kappa shape index (κ1) is 10.4. The summed E-state index contributed by atoms with van der Waals surface area (Å²) in [5, 5.41) is 3.43. The Morgan fingerprint density at radius 3 is 2.69 bits per heavy atom. The van der Waals surface area contributed by atoms with Gasteiger partial charge in [0.15, 0.2) is 0 Å². The van der Waals surface area contributed by atoms with Gasteiger partial charge in [-0.2, -0.15) is 0 Å². The van der Waals surface area contributed by atoms with E-state index in [2.05, 4.69) is 23.3 Å². The maximum absolute atomic E-state index is 5.46. The van der Waals surface area contributed by atoms with Gasteiger partial charge in [-0.05, 0) is 44.9 Å². The van der Waals surface area contributed by atoms with Crippen molar-refractivity contribution in [1.29, 1.82) is 0 Å². The maximum Gasteiger partial charge on any atom is 0.117 e. The van der Waals surface area contributed by atoms with Crippen LogP contribution in [0.15, 0.2) is 22.8 Å². The second-order valence-corrected chi connectivity index (χ2v) is 5.09. The lowest BCUT2D eigenvalue weighted by molar-refractivity contribution is 0.103. The van der Waals surface area contributed by atoms with Crippen LogP contribution in [0.25, 0.3) is 0 Å². The SMILES string of the molecule is CNC1CC2CCC(C1)N2Cc1ccco1. The van der Waals surface area contributed by atoms with Gasteiger partial charge in [-0.3, -0.25) is 4.90 Å². The van der Waals surface area contributed by atoms with Gasteiger partial charge in [0.25, 0.3) is 0 Å². The molecule has 1 aromatic rings. The third kappa shape index (κ3) is 1.78. The molecule has 16 heavy (non-hydrogen) atoms. The van der Waals surface area contributed by atoms with Gasteiger partial charge in [-0.15, -0.1) is 0 Å². The van der Waals surface area contributed by atoms with Gasteiger partial charge in [0.2, 0.25) is 0 Å². The lowest BCUT2D eigenvalue weighted by Gasteiger charge is -2.38. The van der Waals surface area contributed by atoms with Crippen molar-refractivity contribution in [3.63, 3.8) is 0 Å². The van der Waals surface area contributed by atoms with E-state index in [1.54, 1.807) is 6.26 Å². The molecule has 3 heteroatoms. The Morgan fingerprint density at radius 2 is 2.12 bits per heavy atom. The third-order valence-corrected chi connectivity index (χ3v) is 4.21. The average Bonchev–Trinajstić information content (AvgIpc) is 2.87. The standard InChI is InChI=1S/C13H20N2O/c1-14-10-7-11-4-5-12(8-10)15(11)9-13-3-2-6-16-13/h2-3,6,10-12,14H,4-5,7-9H2,1H3. The minimum absolute atomic E-state index is 0.727. The molecule has 3 rings (SSSR count). The van der Waals surface area contributed by atoms with E-state index in [1.165, 1.54) is 25.7 Å². The zero-order valence-electron chi connectivity index (χ0n) is 9.86. The Bertz CT molecular complexity index is 322. The zero-order valence-corrected chi connectivity index (χ0v) is 9.86. The lowest BCUT2D eigenvalue weighted by Crippen LogP contribution is -2.47. The van der Waals surface area contributed by atoms with Crippen molar-refractivity contribution in [3.05, 3.63) is 24.2 Å². The number of nitrogens with zero attached hydrogens (tertiary/aromatic N) is 1. The van der Waals surface area contributed by atoms with Crippen LogP contribution in [0.5, 0.6) is 0 Å². The van der Waals surface area contributed by atoms with E-state index in [1.807, 2.05) is 6.07 Å². The van der Waals surface area contributed by atoms with E-state index in [4.69, 9.17) is 4.42 Å². The molecule has 2 aliphatic heterocycles. The van der Waals surface area contributed by atoms with Gasteiger partial charge in [-0.25, -0.2) is 0 Å². The molecule has 0 amide bonds. The number of fused-ring (bicyclic) bond motifs is 2. The van der Waals surface area contributed by atoms with E-state index in [0.717, 1.165) is 30.4 Å². The topological polar surface area (TPSA) is 28.4 Å². The Balaban J connectivity index is 1.69. The van der Waals surface area contributed by atoms with Gasteiger partial charge in [0, 0.05) is 18.1 Å². The number of hydrogen-bond acceptors (Lipinski definition) is 3. The minimum Gasteiger partial charge on any atom is -0.468 e. The summed E-state index contributed by atoms with van der Waals surface area (Å²) in [7, 11) is 2.09. The van der Waals surface area contributed by atoms with Crippen molar-refractivity contribution in [1.82, 2.24) is 10.2 Å². The largest absolute Gasteiger partial charge is 0.468 e. The summed E-state index contributed by atoms with van der Waals surface area (Å²) in [4.78, 5) is 2.65. The van der Waals surface area contributed by atoms with Crippen LogP contribution in [-0.2, 0) is 6.54 Å². The monoisotopic (exact) mass is 220 g/mol. The van der Waals surface area contributed by atoms with Gasteiger partial charge < -0.3 is 9.73 Å². The fraction of sp³-hybridized carbons (Fsp3) is 0.692. The number of furan rings is 1. The molecule has 2 bridgehead atoms. The maximum atomic E-state index is 5.46. The van der Waals surface area contributed by atoms with Crippen LogP contribution in [0.4, 0.5) is 0 Å². The fourth-order valence-corrected chi connectivity index (χ4v) is 3.35. The van der Waals surface area contributed by atoms with Gasteiger partial charge in [0.05, 0.1) is 12.8 Å². The molecule has 2 unspecified atom stereocenters. The van der Waals surface area contributed by atoms with Crippen molar-refractivity contribution in [2.75, 3.05) is 7.05 Å². The van der Waals surface area contributed by atoms with Crippen molar-refractivity contribution >= 4 is 0 Å². The molecule has 0 aromatic carbocycles. The summed E-state index contributed by atoms with van der Waals surface area (Å²) in [5.41, 5.74) is 0. The molecule has 88 valence electrons. The van der Waals surface area contributed by atoms with Crippen molar-refractivity contribution in [2.24, 2.45) is 0 Å². The Labute approximate surface area is 96.8 Å². The Kier molecular flexibility index (Phi) is 2.74. The predicted molar refractivity (Wildman–Crippen MR) is 63.1 cm³/mol. The van der Waals surface area contributed by atoms with Crippen LogP contribution in [0.3, 0.4) is 0 Å². The molecule has 0 radical (unpaired) electrons. The summed E-state index contributed by atoms with van der Waals surface area (Å²) >= 11 is 0. The number of rotatable bonds is 3. The first-order valence-corrected chi connectivity index (χ1v) is 6.32. The minimum atomic E-state index is 0.727. The zero-order chi connectivity index (χ0) is 11.0. The molecule has 1 aromatic heterocycles. The van der Waals surface area contributed by atoms with Gasteiger partial charge >= 0.3 is 0 Å².